The average molecular weight is 349 g/mol. The fraction of sp³-hybridized carbons (Fsp3) is 0.375. The molecule has 1 N–H and O–H groups in total. The number of allylic oxidation sites excluding steroid dienone is 4. The normalized spacial score (nSPS) is 18.4. The Morgan fingerprint density at radius 1 is 1.10 bits per heavy atom. The van der Waals surface area contributed by atoms with Crippen molar-refractivity contribution in [3.8, 4) is 0 Å². The Bertz CT molecular complexity index is 507. The van der Waals surface area contributed by atoms with Crippen molar-refractivity contribution in [2.24, 2.45) is 5.92 Å². The van der Waals surface area contributed by atoms with E-state index in [9.17, 15) is 5.11 Å². The molecule has 0 aliphatic heterocycles. The van der Waals surface area contributed by atoms with Crippen LogP contribution in [0.3, 0.4) is 0 Å². The second-order valence-corrected chi connectivity index (χ2v) is 4.94. The number of hydrogen-bond acceptors (Lipinski definition) is 1. The van der Waals surface area contributed by atoms with Crippen molar-refractivity contribution in [2.75, 3.05) is 0 Å². The van der Waals surface area contributed by atoms with Gasteiger partial charge in [-0.15, -0.1) is 24.8 Å². The summed E-state index contributed by atoms with van der Waals surface area (Å²) in [7, 11) is 0. The minimum atomic E-state index is -0.417. The van der Waals surface area contributed by atoms with Gasteiger partial charge in [-0.05, 0) is 43.0 Å². The number of rotatable bonds is 2. The molecule has 0 amide bonds. The van der Waals surface area contributed by atoms with Crippen molar-refractivity contribution in [1.29, 1.82) is 0 Å². The number of benzene rings is 1. The Balaban J connectivity index is 0. The van der Waals surface area contributed by atoms with Crippen LogP contribution in [0, 0.1) is 5.92 Å². The molecule has 110 valence electrons. The van der Waals surface area contributed by atoms with Crippen LogP contribution in [0.25, 0.3) is 5.57 Å². The predicted molar refractivity (Wildman–Crippen MR) is 87.1 cm³/mol. The summed E-state index contributed by atoms with van der Waals surface area (Å²) in [5, 5.41) is 9.86. The quantitative estimate of drug-likeness (QED) is 0.749. The maximum atomic E-state index is 9.86. The molecule has 0 saturated heterocycles. The monoisotopic (exact) mass is 348 g/mol. The van der Waals surface area contributed by atoms with Crippen molar-refractivity contribution in [3.05, 3.63) is 52.6 Å². The average Bonchev–Trinajstić information content (AvgIpc) is 2.53. The van der Waals surface area contributed by atoms with E-state index in [-0.39, 0.29) is 46.5 Å². The summed E-state index contributed by atoms with van der Waals surface area (Å²) < 4.78 is 0. The van der Waals surface area contributed by atoms with Gasteiger partial charge >= 0.3 is 0 Å². The first-order chi connectivity index (χ1) is 8.02. The van der Waals surface area contributed by atoms with Gasteiger partial charge in [-0.2, -0.15) is 0 Å². The second-order valence-electron chi connectivity index (χ2n) is 4.94. The van der Waals surface area contributed by atoms with Gasteiger partial charge in [-0.1, -0.05) is 42.8 Å². The number of aliphatic hydroxyl groups is 1. The zero-order valence-corrected chi connectivity index (χ0v) is 15.5. The summed E-state index contributed by atoms with van der Waals surface area (Å²) in [6.45, 7) is 8.37. The molecule has 1 aliphatic rings. The van der Waals surface area contributed by atoms with E-state index in [1.54, 1.807) is 0 Å². The molecule has 2 rings (SSSR count). The van der Waals surface area contributed by atoms with Gasteiger partial charge < -0.3 is 5.11 Å². The summed E-state index contributed by atoms with van der Waals surface area (Å²) in [4.78, 5) is 0. The predicted octanol–water partition coefficient (Wildman–Crippen LogP) is 4.95. The number of halogens is 2. The first-order valence-electron chi connectivity index (χ1n) is 6.19. The molecule has 2 atom stereocenters. The Labute approximate surface area is 149 Å². The zero-order valence-electron chi connectivity index (χ0n) is 12.3. The molecule has 2 unspecified atom stereocenters. The number of hydrogen-bond donors (Lipinski definition) is 1. The molecule has 0 fully saturated rings. The van der Waals surface area contributed by atoms with Crippen LogP contribution in [-0.4, -0.2) is 5.11 Å². The van der Waals surface area contributed by atoms with Gasteiger partial charge in [0.25, 0.3) is 0 Å². The third kappa shape index (κ3) is 4.22. The minimum Gasteiger partial charge on any atom is -0.389 e. The van der Waals surface area contributed by atoms with Crippen molar-refractivity contribution in [2.45, 2.75) is 33.8 Å². The fourth-order valence-electron chi connectivity index (χ4n) is 2.69. The molecule has 0 heterocycles. The van der Waals surface area contributed by atoms with Crippen LogP contribution in [-0.2, 0) is 21.7 Å². The third-order valence-electron chi connectivity index (χ3n) is 3.65. The first-order valence-corrected chi connectivity index (χ1v) is 6.19. The molecule has 0 spiro atoms. The molecular formula is C16H22Cl2OTi. The topological polar surface area (TPSA) is 20.2 Å². The van der Waals surface area contributed by atoms with Gasteiger partial charge in [0.2, 0.25) is 0 Å². The van der Waals surface area contributed by atoms with Gasteiger partial charge in [0.15, 0.2) is 0 Å². The Morgan fingerprint density at radius 3 is 2.10 bits per heavy atom. The van der Waals surface area contributed by atoms with Crippen molar-refractivity contribution in [3.63, 3.8) is 0 Å². The number of aliphatic hydroxyl groups excluding tert-OH is 1. The SMILES string of the molecule is CC1=CC(C)C(c2ccccc2C(C)O)=C1C.Cl.Cl.[Ti]. The molecule has 0 radical (unpaired) electrons. The summed E-state index contributed by atoms with van der Waals surface area (Å²) in [6.07, 6.45) is 1.88. The van der Waals surface area contributed by atoms with Crippen LogP contribution in [0.5, 0.6) is 0 Å². The van der Waals surface area contributed by atoms with Crippen molar-refractivity contribution in [1.82, 2.24) is 0 Å². The first kappa shape index (κ1) is 22.2. The molecule has 1 aliphatic carbocycles. The van der Waals surface area contributed by atoms with Crippen molar-refractivity contribution >= 4 is 30.4 Å². The van der Waals surface area contributed by atoms with E-state index < -0.39 is 6.10 Å². The van der Waals surface area contributed by atoms with E-state index in [0.717, 1.165) is 5.56 Å². The van der Waals surface area contributed by atoms with Gasteiger partial charge in [0, 0.05) is 27.6 Å². The van der Waals surface area contributed by atoms with Crippen LogP contribution >= 0.6 is 24.8 Å². The fourth-order valence-corrected chi connectivity index (χ4v) is 2.69. The van der Waals surface area contributed by atoms with Crippen molar-refractivity contribution < 1.29 is 26.8 Å². The van der Waals surface area contributed by atoms with Gasteiger partial charge in [0.05, 0.1) is 6.10 Å². The molecule has 1 aromatic rings. The summed E-state index contributed by atoms with van der Waals surface area (Å²) in [5.74, 6) is 0.440. The molecular weight excluding hydrogens is 327 g/mol. The molecule has 0 bridgehead atoms. The second kappa shape index (κ2) is 9.07. The zero-order chi connectivity index (χ0) is 12.6. The summed E-state index contributed by atoms with van der Waals surface area (Å²) >= 11 is 0. The summed E-state index contributed by atoms with van der Waals surface area (Å²) in [6, 6.07) is 8.16. The maximum Gasteiger partial charge on any atom is 0.0767 e. The minimum absolute atomic E-state index is 0. The van der Waals surface area contributed by atoms with E-state index >= 15 is 0 Å². The van der Waals surface area contributed by atoms with E-state index in [1.807, 2.05) is 25.1 Å². The van der Waals surface area contributed by atoms with Crippen LogP contribution in [0.4, 0.5) is 0 Å². The van der Waals surface area contributed by atoms with Crippen LogP contribution in [0.15, 0.2) is 41.5 Å². The van der Waals surface area contributed by atoms with Gasteiger partial charge in [-0.25, -0.2) is 0 Å². The van der Waals surface area contributed by atoms with Gasteiger partial charge in [-0.3, -0.25) is 0 Å². The molecule has 1 aromatic carbocycles. The largest absolute Gasteiger partial charge is 0.389 e. The third-order valence-corrected chi connectivity index (χ3v) is 3.65. The van der Waals surface area contributed by atoms with Crippen LogP contribution in [0.2, 0.25) is 0 Å². The van der Waals surface area contributed by atoms with E-state index in [0.29, 0.717) is 5.92 Å². The Morgan fingerprint density at radius 2 is 1.65 bits per heavy atom. The molecule has 4 heteroatoms. The molecule has 1 nitrogen and oxygen atoms in total. The Kier molecular flexibility index (Phi) is 10.1. The smallest absolute Gasteiger partial charge is 0.0767 e. The summed E-state index contributed by atoms with van der Waals surface area (Å²) in [5.41, 5.74) is 6.29. The van der Waals surface area contributed by atoms with Crippen LogP contribution in [0.1, 0.15) is 44.9 Å². The van der Waals surface area contributed by atoms with E-state index in [2.05, 4.69) is 32.9 Å². The maximum absolute atomic E-state index is 9.86. The van der Waals surface area contributed by atoms with Gasteiger partial charge in [0.1, 0.15) is 0 Å². The Hall–Kier alpha value is -0.0457. The van der Waals surface area contributed by atoms with Crippen LogP contribution < -0.4 is 0 Å². The standard InChI is InChI=1S/C16H20O.2ClH.Ti/c1-10-9-11(2)16(12(10)3)15-8-6-5-7-14(15)13(4)17;;;/h5-9,11,13,17H,1-4H3;2*1H;. The molecule has 20 heavy (non-hydrogen) atoms. The van der Waals surface area contributed by atoms with E-state index in [4.69, 9.17) is 0 Å². The molecule has 0 saturated carbocycles. The van der Waals surface area contributed by atoms with E-state index in [1.165, 1.54) is 22.3 Å². The molecule has 0 aromatic heterocycles.